The van der Waals surface area contributed by atoms with E-state index in [-0.39, 0.29) is 5.91 Å². The number of anilines is 1. The topological polar surface area (TPSA) is 122 Å². The number of hydrogen-bond donors (Lipinski definition) is 2. The number of hydrogen-bond acceptors (Lipinski definition) is 6. The van der Waals surface area contributed by atoms with Gasteiger partial charge in [-0.2, -0.15) is 0 Å². The van der Waals surface area contributed by atoms with E-state index in [9.17, 15) is 14.4 Å². The highest BCUT2D eigenvalue weighted by atomic mass is 16.6. The molecule has 0 spiro atoms. The summed E-state index contributed by atoms with van der Waals surface area (Å²) in [5, 5.41) is 15.3. The van der Waals surface area contributed by atoms with Crippen LogP contribution in [0, 0.1) is 6.92 Å². The Bertz CT molecular complexity index is 1510. The van der Waals surface area contributed by atoms with E-state index in [0.717, 1.165) is 22.3 Å². The maximum atomic E-state index is 13.3. The van der Waals surface area contributed by atoms with Crippen molar-refractivity contribution in [2.24, 2.45) is 0 Å². The maximum Gasteiger partial charge on any atom is 0.417 e. The highest BCUT2D eigenvalue weighted by Gasteiger charge is 2.44. The minimum atomic E-state index is -1.20. The van der Waals surface area contributed by atoms with Crippen molar-refractivity contribution in [1.29, 1.82) is 0 Å². The zero-order valence-corrected chi connectivity index (χ0v) is 21.6. The highest BCUT2D eigenvalue weighted by Crippen LogP contribution is 2.35. The fraction of sp³-hybridized carbons (Fsp3) is 0.200. The van der Waals surface area contributed by atoms with Gasteiger partial charge in [0, 0.05) is 5.56 Å². The number of ether oxygens (including phenoxy) is 1. The Labute approximate surface area is 225 Å². The first-order valence-electron chi connectivity index (χ1n) is 12.5. The van der Waals surface area contributed by atoms with Crippen molar-refractivity contribution >= 4 is 23.8 Å². The maximum absolute atomic E-state index is 13.3. The van der Waals surface area contributed by atoms with Crippen LogP contribution in [0.25, 0.3) is 22.5 Å². The molecule has 1 unspecified atom stereocenters. The van der Waals surface area contributed by atoms with Gasteiger partial charge in [0.2, 0.25) is 5.91 Å². The molecule has 5 rings (SSSR count). The molecule has 0 saturated carbocycles. The van der Waals surface area contributed by atoms with Crippen molar-refractivity contribution in [3.63, 3.8) is 0 Å². The number of cyclic esters (lactones) is 1. The van der Waals surface area contributed by atoms with E-state index in [1.54, 1.807) is 13.8 Å². The van der Waals surface area contributed by atoms with Gasteiger partial charge >= 0.3 is 12.2 Å². The highest BCUT2D eigenvalue weighted by molar-refractivity contribution is 5.97. The Morgan fingerprint density at radius 3 is 2.15 bits per heavy atom. The lowest BCUT2D eigenvalue weighted by atomic mass is 9.95. The van der Waals surface area contributed by atoms with E-state index in [1.165, 1.54) is 4.90 Å². The summed E-state index contributed by atoms with van der Waals surface area (Å²) >= 11 is 0. The molecule has 9 heteroatoms. The number of nitrogens with one attached hydrogen (secondary N) is 1. The number of nitrogens with zero attached hydrogens (tertiary/aromatic N) is 2. The van der Waals surface area contributed by atoms with Gasteiger partial charge in [-0.05, 0) is 43.0 Å². The van der Waals surface area contributed by atoms with Gasteiger partial charge < -0.3 is 14.4 Å². The molecule has 39 heavy (non-hydrogen) atoms. The van der Waals surface area contributed by atoms with Gasteiger partial charge in [0.15, 0.2) is 5.76 Å². The van der Waals surface area contributed by atoms with Gasteiger partial charge in [-0.1, -0.05) is 84.0 Å². The van der Waals surface area contributed by atoms with Crippen LogP contribution in [0.2, 0.25) is 0 Å². The molecule has 1 aliphatic rings. The normalized spacial score (nSPS) is 17.5. The SMILES string of the molecule is Cc1noc(-c2ccc(-c3ccc(C(C)C(=O)N4C(=O)O[C@@H](c5ccccc5)[C@H]4C)cc3)cc2)c1NC(=O)O. The van der Waals surface area contributed by atoms with E-state index in [4.69, 9.17) is 14.4 Å². The lowest BCUT2D eigenvalue weighted by Gasteiger charge is -2.22. The molecule has 0 bridgehead atoms. The number of imide groups is 1. The van der Waals surface area contributed by atoms with Crippen molar-refractivity contribution in [3.8, 4) is 22.5 Å². The average molecular weight is 526 g/mol. The van der Waals surface area contributed by atoms with Crippen LogP contribution >= 0.6 is 0 Å². The number of rotatable bonds is 6. The minimum absolute atomic E-state index is 0.309. The predicted octanol–water partition coefficient (Wildman–Crippen LogP) is 6.62. The Morgan fingerprint density at radius 2 is 1.54 bits per heavy atom. The molecule has 3 amide bonds. The third-order valence-corrected chi connectivity index (χ3v) is 6.99. The number of amides is 3. The third kappa shape index (κ3) is 4.98. The summed E-state index contributed by atoms with van der Waals surface area (Å²) in [4.78, 5) is 38.3. The van der Waals surface area contributed by atoms with Gasteiger partial charge in [0.25, 0.3) is 0 Å². The molecule has 1 saturated heterocycles. The zero-order valence-electron chi connectivity index (χ0n) is 21.6. The molecule has 1 aliphatic heterocycles. The van der Waals surface area contributed by atoms with Crippen LogP contribution in [-0.2, 0) is 9.53 Å². The van der Waals surface area contributed by atoms with Crippen LogP contribution in [0.15, 0.2) is 83.4 Å². The number of carbonyl (C=O) groups is 3. The van der Waals surface area contributed by atoms with Crippen LogP contribution in [-0.4, -0.2) is 39.3 Å². The summed E-state index contributed by atoms with van der Waals surface area (Å²) in [7, 11) is 0. The molecule has 9 nitrogen and oxygen atoms in total. The summed E-state index contributed by atoms with van der Waals surface area (Å²) in [6.45, 7) is 5.26. The van der Waals surface area contributed by atoms with Gasteiger partial charge in [0.05, 0.1) is 12.0 Å². The number of benzene rings is 3. The second-order valence-corrected chi connectivity index (χ2v) is 9.49. The van der Waals surface area contributed by atoms with Crippen LogP contribution in [0.4, 0.5) is 15.3 Å². The lowest BCUT2D eigenvalue weighted by Crippen LogP contribution is -2.40. The molecule has 0 aliphatic carbocycles. The number of carboxylic acid groups (broad SMARTS) is 1. The number of carbonyl (C=O) groups excluding carboxylic acids is 2. The molecule has 1 fully saturated rings. The summed E-state index contributed by atoms with van der Waals surface area (Å²) < 4.78 is 10.9. The van der Waals surface area contributed by atoms with Gasteiger partial charge in [-0.3, -0.25) is 10.1 Å². The monoisotopic (exact) mass is 525 g/mol. The summed E-state index contributed by atoms with van der Waals surface area (Å²) in [5.74, 6) is -0.509. The minimum Gasteiger partial charge on any atom is -0.465 e. The van der Waals surface area contributed by atoms with Crippen molar-refractivity contribution in [1.82, 2.24) is 10.1 Å². The molecule has 3 aromatic carbocycles. The van der Waals surface area contributed by atoms with Crippen LogP contribution < -0.4 is 5.32 Å². The second kappa shape index (κ2) is 10.4. The van der Waals surface area contributed by atoms with E-state index in [1.807, 2.05) is 85.8 Å². The Hall–Kier alpha value is -4.92. The molecule has 4 aromatic rings. The molecular formula is C30H27N3O6. The smallest absolute Gasteiger partial charge is 0.417 e. The Balaban J connectivity index is 1.30. The van der Waals surface area contributed by atoms with E-state index < -0.39 is 30.3 Å². The van der Waals surface area contributed by atoms with Crippen molar-refractivity contribution < 1.29 is 28.8 Å². The number of aryl methyl sites for hydroxylation is 1. The summed E-state index contributed by atoms with van der Waals surface area (Å²) in [6.07, 6.45) is -2.33. The quantitative estimate of drug-likeness (QED) is 0.290. The fourth-order valence-corrected chi connectivity index (χ4v) is 4.80. The summed E-state index contributed by atoms with van der Waals surface area (Å²) in [6, 6.07) is 24.0. The molecule has 1 aromatic heterocycles. The largest absolute Gasteiger partial charge is 0.465 e. The second-order valence-electron chi connectivity index (χ2n) is 9.49. The molecular weight excluding hydrogens is 498 g/mol. The molecule has 2 heterocycles. The standard InChI is InChI=1S/C30H27N3O6/c1-17(28(34)33-19(3)26(38-30(33)37)23-7-5-4-6-8-23)20-9-11-21(12-10-20)22-13-15-24(16-14-22)27-25(31-29(35)36)18(2)32-39-27/h4-17,19,26,31H,1-3H3,(H,35,36)/t17?,19-,26-/m1/s1. The first-order valence-corrected chi connectivity index (χ1v) is 12.5. The first-order chi connectivity index (χ1) is 18.7. The summed E-state index contributed by atoms with van der Waals surface area (Å²) in [5.41, 5.74) is 4.93. The predicted molar refractivity (Wildman–Crippen MR) is 144 cm³/mol. The first kappa shape index (κ1) is 25.7. The lowest BCUT2D eigenvalue weighted by molar-refractivity contribution is -0.130. The molecule has 2 N–H and O–H groups in total. The third-order valence-electron chi connectivity index (χ3n) is 6.99. The van der Waals surface area contributed by atoms with Gasteiger partial charge in [-0.25, -0.2) is 14.5 Å². The van der Waals surface area contributed by atoms with Gasteiger partial charge in [0.1, 0.15) is 17.5 Å². The molecule has 3 atom stereocenters. The average Bonchev–Trinajstić information content (AvgIpc) is 3.46. The Kier molecular flexibility index (Phi) is 6.89. The van der Waals surface area contributed by atoms with E-state index in [0.29, 0.717) is 22.7 Å². The molecule has 198 valence electrons. The van der Waals surface area contributed by atoms with E-state index in [2.05, 4.69) is 10.5 Å². The number of aromatic nitrogens is 1. The van der Waals surface area contributed by atoms with Crippen molar-refractivity contribution in [3.05, 3.63) is 95.7 Å². The van der Waals surface area contributed by atoms with E-state index >= 15 is 0 Å². The Morgan fingerprint density at radius 1 is 0.949 bits per heavy atom. The molecule has 0 radical (unpaired) electrons. The van der Waals surface area contributed by atoms with Crippen molar-refractivity contribution in [2.45, 2.75) is 38.8 Å². The fourth-order valence-electron chi connectivity index (χ4n) is 4.80. The van der Waals surface area contributed by atoms with Gasteiger partial charge in [-0.15, -0.1) is 0 Å². The van der Waals surface area contributed by atoms with Crippen LogP contribution in [0.3, 0.4) is 0 Å². The zero-order chi connectivity index (χ0) is 27.7. The van der Waals surface area contributed by atoms with Crippen LogP contribution in [0.5, 0.6) is 0 Å². The van der Waals surface area contributed by atoms with Crippen LogP contribution in [0.1, 0.15) is 42.7 Å². The van der Waals surface area contributed by atoms with Crippen molar-refractivity contribution in [2.75, 3.05) is 5.32 Å².